The molecule has 5 heteroatoms. The van der Waals surface area contributed by atoms with Gasteiger partial charge in [0.05, 0.1) is 0 Å². The Labute approximate surface area is 205 Å². The molecule has 0 aliphatic rings. The summed E-state index contributed by atoms with van der Waals surface area (Å²) in [5.41, 5.74) is 10.1. The fourth-order valence-corrected chi connectivity index (χ4v) is 7.42. The van der Waals surface area contributed by atoms with Gasteiger partial charge in [-0.3, -0.25) is 0 Å². The first-order chi connectivity index (χ1) is 17.1. The normalized spacial score (nSPS) is 13.4. The van der Waals surface area contributed by atoms with Gasteiger partial charge in [-0.15, -0.1) is 0 Å². The third-order valence-corrected chi connectivity index (χ3v) is 9.68. The number of benzene rings is 4. The van der Waals surface area contributed by atoms with Crippen LogP contribution in [0.2, 0.25) is 0 Å². The van der Waals surface area contributed by atoms with Gasteiger partial charge in [0.2, 0.25) is 0 Å². The van der Waals surface area contributed by atoms with E-state index < -0.39 is 13.7 Å². The Kier molecular flexibility index (Phi) is 6.69. The van der Waals surface area contributed by atoms with Gasteiger partial charge < -0.3 is 0 Å². The number of hydrogen-bond donors (Lipinski definition) is 3. The zero-order valence-corrected chi connectivity index (χ0v) is 20.3. The standard InChI is InChI=1S/C30H28N3OP/c31-30(33-29-19-7-8-20-32-29)25-13-9-11-23(21-25)24-12-10-18-28(22-24)35(34,26-14-3-1-4-15-26)27-16-5-2-6-17-27/h1-22,30,34-35H,31H2,(H,32,33). The van der Waals surface area contributed by atoms with Crippen LogP contribution in [-0.2, 0) is 0 Å². The van der Waals surface area contributed by atoms with Gasteiger partial charge in [-0.1, -0.05) is 0 Å². The summed E-state index contributed by atoms with van der Waals surface area (Å²) in [6.07, 6.45) is 1.34. The molecule has 4 aromatic carbocycles. The van der Waals surface area contributed by atoms with Crippen molar-refractivity contribution >= 4 is 23.4 Å². The SMILES string of the molecule is NC(/N=c1/cccc[nH]1)c1cccc(-c2cccc([PH](O)(c3ccccc3)c3ccccc3)c2)c1. The first-order valence-electron chi connectivity index (χ1n) is 11.6. The first kappa shape index (κ1) is 22.9. The van der Waals surface area contributed by atoms with E-state index >= 15 is 0 Å². The number of aromatic amines is 1. The van der Waals surface area contributed by atoms with E-state index in [2.05, 4.69) is 34.2 Å². The summed E-state index contributed by atoms with van der Waals surface area (Å²) < 4.78 is 0. The van der Waals surface area contributed by atoms with Crippen molar-refractivity contribution < 1.29 is 4.89 Å². The summed E-state index contributed by atoms with van der Waals surface area (Å²) >= 11 is 0. The average molecular weight is 478 g/mol. The summed E-state index contributed by atoms with van der Waals surface area (Å²) in [6.45, 7) is 0. The van der Waals surface area contributed by atoms with Gasteiger partial charge in [0.15, 0.2) is 0 Å². The Hall–Kier alpha value is -3.82. The van der Waals surface area contributed by atoms with E-state index in [-0.39, 0.29) is 0 Å². The van der Waals surface area contributed by atoms with Crippen molar-refractivity contribution in [2.24, 2.45) is 10.7 Å². The van der Waals surface area contributed by atoms with Crippen LogP contribution in [0.5, 0.6) is 0 Å². The van der Waals surface area contributed by atoms with Crippen LogP contribution < -0.4 is 27.1 Å². The van der Waals surface area contributed by atoms with Crippen molar-refractivity contribution in [2.75, 3.05) is 0 Å². The molecule has 1 unspecified atom stereocenters. The number of nitrogens with zero attached hydrogens (tertiary/aromatic N) is 1. The molecule has 0 spiro atoms. The van der Waals surface area contributed by atoms with Gasteiger partial charge in [-0.25, -0.2) is 0 Å². The summed E-state index contributed by atoms with van der Waals surface area (Å²) in [6, 6.07) is 42.1. The van der Waals surface area contributed by atoms with Gasteiger partial charge in [0.1, 0.15) is 0 Å². The van der Waals surface area contributed by atoms with Crippen LogP contribution in [0.3, 0.4) is 0 Å². The van der Waals surface area contributed by atoms with Gasteiger partial charge in [0.25, 0.3) is 0 Å². The molecule has 0 fully saturated rings. The van der Waals surface area contributed by atoms with E-state index in [0.29, 0.717) is 0 Å². The van der Waals surface area contributed by atoms with Crippen molar-refractivity contribution in [3.05, 3.63) is 145 Å². The molecule has 0 aliphatic carbocycles. The molecular weight excluding hydrogens is 449 g/mol. The molecule has 5 rings (SSSR count). The Bertz CT molecular complexity index is 1430. The van der Waals surface area contributed by atoms with Gasteiger partial charge in [-0.05, 0) is 0 Å². The van der Waals surface area contributed by atoms with Gasteiger partial charge in [-0.2, -0.15) is 0 Å². The third-order valence-electron chi connectivity index (χ3n) is 6.20. The molecule has 1 atom stereocenters. The number of H-pyrrole nitrogens is 1. The number of nitrogens with two attached hydrogens (primary N) is 1. The van der Waals surface area contributed by atoms with Crippen LogP contribution in [0.1, 0.15) is 11.7 Å². The van der Waals surface area contributed by atoms with Crippen LogP contribution in [0.25, 0.3) is 11.1 Å². The second-order valence-corrected chi connectivity index (χ2v) is 11.6. The molecule has 5 aromatic rings. The van der Waals surface area contributed by atoms with Crippen LogP contribution in [0.4, 0.5) is 0 Å². The first-order valence-corrected chi connectivity index (χ1v) is 13.6. The fourth-order valence-electron chi connectivity index (χ4n) is 4.37. The van der Waals surface area contributed by atoms with E-state index in [1.165, 1.54) is 0 Å². The quantitative estimate of drug-likeness (QED) is 0.321. The van der Waals surface area contributed by atoms with Crippen molar-refractivity contribution in [2.45, 2.75) is 6.17 Å². The molecule has 4 nitrogen and oxygen atoms in total. The summed E-state index contributed by atoms with van der Waals surface area (Å²) in [4.78, 5) is 20.0. The Morgan fingerprint density at radius 2 is 1.20 bits per heavy atom. The van der Waals surface area contributed by atoms with E-state index in [0.717, 1.165) is 38.1 Å². The molecule has 35 heavy (non-hydrogen) atoms. The number of hydrogen-bond acceptors (Lipinski definition) is 3. The Morgan fingerprint density at radius 1 is 0.629 bits per heavy atom. The predicted molar refractivity (Wildman–Crippen MR) is 147 cm³/mol. The number of nitrogens with one attached hydrogen (secondary N) is 1. The number of aromatic nitrogens is 1. The predicted octanol–water partition coefficient (Wildman–Crippen LogP) is 4.17. The summed E-state index contributed by atoms with van der Waals surface area (Å²) in [5, 5.41) is 2.85. The number of rotatable bonds is 6. The fraction of sp³-hybridized carbons (Fsp3) is 0.0333. The Balaban J connectivity index is 1.57. The van der Waals surface area contributed by atoms with E-state index in [4.69, 9.17) is 5.73 Å². The second-order valence-electron chi connectivity index (χ2n) is 8.47. The van der Waals surface area contributed by atoms with Crippen molar-refractivity contribution in [1.29, 1.82) is 0 Å². The van der Waals surface area contributed by atoms with Gasteiger partial charge in [0, 0.05) is 0 Å². The zero-order valence-electron chi connectivity index (χ0n) is 19.3. The van der Waals surface area contributed by atoms with E-state index in [1.807, 2.05) is 109 Å². The zero-order chi connectivity index (χ0) is 24.1. The van der Waals surface area contributed by atoms with Gasteiger partial charge >= 0.3 is 206 Å². The monoisotopic (exact) mass is 477 g/mol. The van der Waals surface area contributed by atoms with Crippen LogP contribution in [0, 0.1) is 0 Å². The molecule has 4 N–H and O–H groups in total. The van der Waals surface area contributed by atoms with E-state index in [9.17, 15) is 4.89 Å². The molecule has 0 saturated heterocycles. The maximum atomic E-state index is 12.3. The van der Waals surface area contributed by atoms with Crippen molar-refractivity contribution in [3.8, 4) is 11.1 Å². The van der Waals surface area contributed by atoms with E-state index in [1.54, 1.807) is 0 Å². The van der Waals surface area contributed by atoms with Crippen molar-refractivity contribution in [1.82, 2.24) is 4.98 Å². The molecule has 0 saturated carbocycles. The minimum absolute atomic E-state index is 0.489. The van der Waals surface area contributed by atoms with Crippen LogP contribution >= 0.6 is 7.49 Å². The van der Waals surface area contributed by atoms with Crippen LogP contribution in [0.15, 0.2) is 139 Å². The summed E-state index contributed by atoms with van der Waals surface area (Å²) in [5.74, 6) is 0. The second kappa shape index (κ2) is 10.2. The molecule has 0 radical (unpaired) electrons. The molecule has 1 aromatic heterocycles. The van der Waals surface area contributed by atoms with Crippen molar-refractivity contribution in [3.63, 3.8) is 0 Å². The average Bonchev–Trinajstić information content (AvgIpc) is 2.94. The summed E-state index contributed by atoms with van der Waals surface area (Å²) in [7, 11) is -3.18. The third kappa shape index (κ3) is 4.87. The Morgan fingerprint density at radius 3 is 1.83 bits per heavy atom. The molecular formula is C30H28N3OP. The molecule has 0 amide bonds. The molecule has 0 bridgehead atoms. The molecule has 174 valence electrons. The molecule has 1 heterocycles. The molecule has 0 aliphatic heterocycles. The maximum absolute atomic E-state index is 12.3. The number of pyridine rings is 1. The minimum atomic E-state index is -3.18. The topological polar surface area (TPSA) is 74.4 Å². The van der Waals surface area contributed by atoms with Crippen LogP contribution in [-0.4, -0.2) is 9.88 Å².